The molecule has 0 atom stereocenters. The maximum Gasteiger partial charge on any atom is 0.230 e. The van der Waals surface area contributed by atoms with Crippen LogP contribution in [0, 0.1) is 13.8 Å². The zero-order chi connectivity index (χ0) is 13.8. The third-order valence-electron chi connectivity index (χ3n) is 3.14. The van der Waals surface area contributed by atoms with Crippen LogP contribution in [0.4, 0.5) is 11.6 Å². The molecule has 1 aromatic carbocycles. The van der Waals surface area contributed by atoms with Crippen LogP contribution in [0.3, 0.4) is 0 Å². The predicted octanol–water partition coefficient (Wildman–Crippen LogP) is 2.74. The zero-order valence-electron chi connectivity index (χ0n) is 11.6. The molecule has 0 amide bonds. The summed E-state index contributed by atoms with van der Waals surface area (Å²) >= 11 is 0. The van der Waals surface area contributed by atoms with Crippen molar-refractivity contribution >= 4 is 11.6 Å². The van der Waals surface area contributed by atoms with Gasteiger partial charge in [0, 0.05) is 29.7 Å². The maximum absolute atomic E-state index is 9.16. The molecule has 4 heteroatoms. The number of hydrogen-bond acceptors (Lipinski definition) is 4. The Morgan fingerprint density at radius 2 is 1.84 bits per heavy atom. The minimum atomic E-state index is -0.0250. The molecule has 0 aliphatic carbocycles. The van der Waals surface area contributed by atoms with Gasteiger partial charge in [0.05, 0.1) is 6.61 Å². The van der Waals surface area contributed by atoms with E-state index < -0.39 is 0 Å². The van der Waals surface area contributed by atoms with Gasteiger partial charge in [0.25, 0.3) is 0 Å². The highest BCUT2D eigenvalue weighted by atomic mass is 16.3. The Hall–Kier alpha value is -1.94. The molecular weight excluding hydrogens is 238 g/mol. The van der Waals surface area contributed by atoms with E-state index in [-0.39, 0.29) is 6.61 Å². The van der Waals surface area contributed by atoms with E-state index >= 15 is 0 Å². The average molecular weight is 257 g/mol. The fourth-order valence-electron chi connectivity index (χ4n) is 1.93. The summed E-state index contributed by atoms with van der Waals surface area (Å²) in [5.41, 5.74) is 3.89. The van der Waals surface area contributed by atoms with Gasteiger partial charge >= 0.3 is 0 Å². The highest BCUT2D eigenvalue weighted by molar-refractivity contribution is 5.57. The summed E-state index contributed by atoms with van der Waals surface area (Å²) in [6.07, 6.45) is 1.69. The van der Waals surface area contributed by atoms with Crippen molar-refractivity contribution in [2.24, 2.45) is 0 Å². The normalized spacial score (nSPS) is 10.5. The molecule has 19 heavy (non-hydrogen) atoms. The quantitative estimate of drug-likeness (QED) is 0.915. The average Bonchev–Trinajstić information content (AvgIpc) is 2.42. The fraction of sp³-hybridized carbons (Fsp3) is 0.333. The van der Waals surface area contributed by atoms with Gasteiger partial charge in [0.2, 0.25) is 5.95 Å². The zero-order valence-corrected chi connectivity index (χ0v) is 11.6. The van der Waals surface area contributed by atoms with Crippen LogP contribution in [0.15, 0.2) is 30.5 Å². The van der Waals surface area contributed by atoms with Crippen LogP contribution in [0.1, 0.15) is 23.7 Å². The first-order valence-electron chi connectivity index (χ1n) is 6.43. The van der Waals surface area contributed by atoms with Gasteiger partial charge in [0.1, 0.15) is 0 Å². The van der Waals surface area contributed by atoms with Gasteiger partial charge in [-0.25, -0.2) is 9.97 Å². The number of aliphatic hydroxyl groups excluding tert-OH is 1. The third-order valence-corrected chi connectivity index (χ3v) is 3.14. The largest absolute Gasteiger partial charge is 0.392 e. The number of aromatic nitrogens is 2. The molecule has 2 rings (SSSR count). The molecule has 4 nitrogen and oxygen atoms in total. The maximum atomic E-state index is 9.16. The molecule has 1 aromatic heterocycles. The lowest BCUT2D eigenvalue weighted by molar-refractivity contribution is 0.280. The topological polar surface area (TPSA) is 49.2 Å². The first-order chi connectivity index (χ1) is 9.15. The second kappa shape index (κ2) is 5.80. The van der Waals surface area contributed by atoms with Crippen molar-refractivity contribution in [3.05, 3.63) is 47.3 Å². The minimum Gasteiger partial charge on any atom is -0.392 e. The van der Waals surface area contributed by atoms with Crippen LogP contribution in [-0.2, 0) is 6.61 Å². The van der Waals surface area contributed by atoms with Crippen molar-refractivity contribution in [1.29, 1.82) is 0 Å². The smallest absolute Gasteiger partial charge is 0.230 e. The van der Waals surface area contributed by atoms with E-state index in [9.17, 15) is 0 Å². The number of benzene rings is 1. The van der Waals surface area contributed by atoms with Gasteiger partial charge in [-0.2, -0.15) is 0 Å². The molecule has 2 aromatic rings. The molecule has 0 spiro atoms. The van der Waals surface area contributed by atoms with E-state index in [0.29, 0.717) is 5.95 Å². The van der Waals surface area contributed by atoms with Crippen LogP contribution in [0.5, 0.6) is 0 Å². The number of nitrogens with zero attached hydrogens (tertiary/aromatic N) is 3. The van der Waals surface area contributed by atoms with Gasteiger partial charge < -0.3 is 10.0 Å². The Morgan fingerprint density at radius 3 is 2.37 bits per heavy atom. The molecular formula is C15H19N3O. The molecule has 100 valence electrons. The lowest BCUT2D eigenvalue weighted by Gasteiger charge is -2.21. The summed E-state index contributed by atoms with van der Waals surface area (Å²) in [6, 6.07) is 8.29. The first kappa shape index (κ1) is 13.5. The number of rotatable bonds is 4. The van der Waals surface area contributed by atoms with Gasteiger partial charge in [-0.05, 0) is 32.9 Å². The highest BCUT2D eigenvalue weighted by Crippen LogP contribution is 2.22. The van der Waals surface area contributed by atoms with Crippen molar-refractivity contribution in [1.82, 2.24) is 9.97 Å². The van der Waals surface area contributed by atoms with E-state index in [1.165, 1.54) is 5.56 Å². The van der Waals surface area contributed by atoms with E-state index in [1.54, 1.807) is 6.20 Å². The van der Waals surface area contributed by atoms with Crippen molar-refractivity contribution in [2.45, 2.75) is 27.4 Å². The van der Waals surface area contributed by atoms with E-state index in [1.807, 2.05) is 11.8 Å². The summed E-state index contributed by atoms with van der Waals surface area (Å²) in [6.45, 7) is 6.79. The Labute approximate surface area is 113 Å². The van der Waals surface area contributed by atoms with Crippen LogP contribution in [0.2, 0.25) is 0 Å². The van der Waals surface area contributed by atoms with Crippen molar-refractivity contribution in [2.75, 3.05) is 11.4 Å². The van der Waals surface area contributed by atoms with Crippen LogP contribution >= 0.6 is 0 Å². The molecule has 1 heterocycles. The predicted molar refractivity (Wildman–Crippen MR) is 76.6 cm³/mol. The molecule has 0 bridgehead atoms. The summed E-state index contributed by atoms with van der Waals surface area (Å²) in [7, 11) is 0. The molecule has 0 aliphatic rings. The summed E-state index contributed by atoms with van der Waals surface area (Å²) in [5, 5.41) is 9.16. The molecule has 0 aliphatic heterocycles. The molecule has 0 saturated heterocycles. The highest BCUT2D eigenvalue weighted by Gasteiger charge is 2.11. The molecule has 0 radical (unpaired) electrons. The Morgan fingerprint density at radius 1 is 1.16 bits per heavy atom. The van der Waals surface area contributed by atoms with Gasteiger partial charge in [0.15, 0.2) is 0 Å². The fourth-order valence-corrected chi connectivity index (χ4v) is 1.93. The summed E-state index contributed by atoms with van der Waals surface area (Å²) < 4.78 is 0. The summed E-state index contributed by atoms with van der Waals surface area (Å²) in [4.78, 5) is 10.9. The molecule has 0 saturated carbocycles. The lowest BCUT2D eigenvalue weighted by atomic mass is 10.2. The van der Waals surface area contributed by atoms with E-state index in [2.05, 4.69) is 48.1 Å². The molecule has 0 unspecified atom stereocenters. The Kier molecular flexibility index (Phi) is 4.12. The van der Waals surface area contributed by atoms with Gasteiger partial charge in [-0.15, -0.1) is 0 Å². The Bertz CT molecular complexity index is 552. The first-order valence-corrected chi connectivity index (χ1v) is 6.43. The van der Waals surface area contributed by atoms with Gasteiger partial charge in [-0.3, -0.25) is 0 Å². The van der Waals surface area contributed by atoms with Crippen LogP contribution in [-0.4, -0.2) is 21.6 Å². The Balaban J connectivity index is 2.36. The number of hydrogen-bond donors (Lipinski definition) is 1. The summed E-state index contributed by atoms with van der Waals surface area (Å²) in [5.74, 6) is 0.668. The van der Waals surface area contributed by atoms with Crippen molar-refractivity contribution in [3.8, 4) is 0 Å². The van der Waals surface area contributed by atoms with Crippen LogP contribution < -0.4 is 4.90 Å². The SMILES string of the molecule is CCN(c1ccc(C)cc1)c1ncc(CO)c(C)n1. The third kappa shape index (κ3) is 2.90. The van der Waals surface area contributed by atoms with E-state index in [4.69, 9.17) is 5.11 Å². The number of aryl methyl sites for hydroxylation is 2. The number of aliphatic hydroxyl groups is 1. The van der Waals surface area contributed by atoms with E-state index in [0.717, 1.165) is 23.5 Å². The lowest BCUT2D eigenvalue weighted by Crippen LogP contribution is -2.19. The molecule has 1 N–H and O–H groups in total. The molecule has 0 fully saturated rings. The van der Waals surface area contributed by atoms with Crippen molar-refractivity contribution in [3.63, 3.8) is 0 Å². The second-order valence-electron chi connectivity index (χ2n) is 4.52. The minimum absolute atomic E-state index is 0.0250. The monoisotopic (exact) mass is 257 g/mol. The second-order valence-corrected chi connectivity index (χ2v) is 4.52. The van der Waals surface area contributed by atoms with Crippen molar-refractivity contribution < 1.29 is 5.11 Å². The standard InChI is InChI=1S/C15H19N3O/c1-4-18(14-7-5-11(2)6-8-14)15-16-9-13(10-19)12(3)17-15/h5-9,19H,4,10H2,1-3H3. The van der Waals surface area contributed by atoms with Crippen LogP contribution in [0.25, 0.3) is 0 Å². The number of anilines is 2. The van der Waals surface area contributed by atoms with Gasteiger partial charge in [-0.1, -0.05) is 17.7 Å².